The fourth-order valence-electron chi connectivity index (χ4n) is 4.97. The summed E-state index contributed by atoms with van der Waals surface area (Å²) in [6, 6.07) is 0.152. The first kappa shape index (κ1) is 17.8. The summed E-state index contributed by atoms with van der Waals surface area (Å²) in [6.07, 6.45) is 14.6. The van der Waals surface area contributed by atoms with Gasteiger partial charge in [-0.1, -0.05) is 44.9 Å². The van der Waals surface area contributed by atoms with E-state index in [1.807, 2.05) is 0 Å². The van der Waals surface area contributed by atoms with Crippen molar-refractivity contribution >= 4 is 11.8 Å². The lowest BCUT2D eigenvalue weighted by molar-refractivity contribution is -0.136. The van der Waals surface area contributed by atoms with E-state index in [9.17, 15) is 9.59 Å². The molecule has 3 fully saturated rings. The molecule has 1 aliphatic heterocycles. The maximum Gasteiger partial charge on any atom is 0.225 e. The van der Waals surface area contributed by atoms with Crippen LogP contribution in [0.15, 0.2) is 0 Å². The topological polar surface area (TPSA) is 49.4 Å². The molecule has 3 rings (SSSR count). The lowest BCUT2D eigenvalue weighted by Crippen LogP contribution is -2.47. The smallest absolute Gasteiger partial charge is 0.225 e. The normalized spacial score (nSPS) is 29.8. The standard InChI is InChI=1S/C20H34N2O2/c23-19(13-12-16-8-3-4-9-16)22-15-6-2-1-5-14-21-20(24)17-10-7-11-18(17)22/h16-18H,1-15H2,(H,21,24)/t17-,18+/m1/s1. The van der Waals surface area contributed by atoms with Crippen molar-refractivity contribution in [3.8, 4) is 0 Å². The van der Waals surface area contributed by atoms with E-state index < -0.39 is 0 Å². The number of nitrogens with zero attached hydrogens (tertiary/aromatic N) is 1. The molecule has 2 aliphatic carbocycles. The molecule has 0 bridgehead atoms. The van der Waals surface area contributed by atoms with Crippen LogP contribution >= 0.6 is 0 Å². The largest absolute Gasteiger partial charge is 0.356 e. The van der Waals surface area contributed by atoms with E-state index >= 15 is 0 Å². The Bertz CT molecular complexity index is 431. The minimum absolute atomic E-state index is 0.0264. The molecule has 0 unspecified atom stereocenters. The number of rotatable bonds is 3. The Kier molecular flexibility index (Phi) is 6.56. The Morgan fingerprint density at radius 1 is 0.958 bits per heavy atom. The van der Waals surface area contributed by atoms with Gasteiger partial charge in [-0.2, -0.15) is 0 Å². The summed E-state index contributed by atoms with van der Waals surface area (Å²) in [5.74, 6) is 1.29. The van der Waals surface area contributed by atoms with Crippen LogP contribution in [-0.2, 0) is 9.59 Å². The average molecular weight is 335 g/mol. The second kappa shape index (κ2) is 8.87. The molecule has 1 N–H and O–H groups in total. The molecule has 4 heteroatoms. The molecule has 0 aromatic carbocycles. The SMILES string of the molecule is O=C1NCCCCCCN(C(=O)CCC2CCCC2)[C@H]2CCC[C@@H]12. The minimum atomic E-state index is 0.0264. The van der Waals surface area contributed by atoms with Crippen molar-refractivity contribution in [1.82, 2.24) is 10.2 Å². The monoisotopic (exact) mass is 334 g/mol. The summed E-state index contributed by atoms with van der Waals surface area (Å²) in [5.41, 5.74) is 0. The molecule has 4 nitrogen and oxygen atoms in total. The van der Waals surface area contributed by atoms with Gasteiger partial charge in [-0.05, 0) is 38.0 Å². The van der Waals surface area contributed by atoms with Gasteiger partial charge in [0.1, 0.15) is 0 Å². The van der Waals surface area contributed by atoms with Gasteiger partial charge in [0.15, 0.2) is 0 Å². The number of fused-ring (bicyclic) bond motifs is 1. The maximum absolute atomic E-state index is 12.9. The zero-order valence-electron chi connectivity index (χ0n) is 15.1. The Morgan fingerprint density at radius 2 is 1.75 bits per heavy atom. The second-order valence-corrected chi connectivity index (χ2v) is 8.09. The highest BCUT2D eigenvalue weighted by Gasteiger charge is 2.38. The van der Waals surface area contributed by atoms with Crippen molar-refractivity contribution < 1.29 is 9.59 Å². The molecule has 1 saturated heterocycles. The quantitative estimate of drug-likeness (QED) is 0.856. The molecule has 0 aromatic rings. The van der Waals surface area contributed by atoms with E-state index in [1.54, 1.807) is 0 Å². The van der Waals surface area contributed by atoms with Gasteiger partial charge in [-0.3, -0.25) is 9.59 Å². The van der Waals surface area contributed by atoms with Crippen LogP contribution in [0.2, 0.25) is 0 Å². The van der Waals surface area contributed by atoms with E-state index in [2.05, 4.69) is 10.2 Å². The Balaban J connectivity index is 1.63. The summed E-state index contributed by atoms with van der Waals surface area (Å²) < 4.78 is 0. The summed E-state index contributed by atoms with van der Waals surface area (Å²) in [6.45, 7) is 1.66. The third kappa shape index (κ3) is 4.52. The predicted molar refractivity (Wildman–Crippen MR) is 95.5 cm³/mol. The zero-order valence-corrected chi connectivity index (χ0v) is 15.1. The fourth-order valence-corrected chi connectivity index (χ4v) is 4.97. The van der Waals surface area contributed by atoms with Crippen LogP contribution in [0.4, 0.5) is 0 Å². The Labute approximate surface area is 146 Å². The van der Waals surface area contributed by atoms with Crippen molar-refractivity contribution in [3.63, 3.8) is 0 Å². The summed E-state index contributed by atoms with van der Waals surface area (Å²) >= 11 is 0. The lowest BCUT2D eigenvalue weighted by atomic mass is 9.98. The Morgan fingerprint density at radius 3 is 2.58 bits per heavy atom. The molecule has 2 saturated carbocycles. The predicted octanol–water partition coefficient (Wildman–Crippen LogP) is 3.64. The molecule has 0 spiro atoms. The van der Waals surface area contributed by atoms with Gasteiger partial charge >= 0.3 is 0 Å². The molecule has 2 atom stereocenters. The van der Waals surface area contributed by atoms with E-state index in [4.69, 9.17) is 0 Å². The first-order chi connectivity index (χ1) is 11.8. The number of nitrogens with one attached hydrogen (secondary N) is 1. The molecule has 0 aromatic heterocycles. The molecular weight excluding hydrogens is 300 g/mol. The molecule has 0 radical (unpaired) electrons. The first-order valence-corrected chi connectivity index (χ1v) is 10.3. The molecule has 1 heterocycles. The van der Waals surface area contributed by atoms with Crippen LogP contribution in [0, 0.1) is 11.8 Å². The first-order valence-electron chi connectivity index (χ1n) is 10.3. The van der Waals surface area contributed by atoms with E-state index in [0.717, 1.165) is 64.0 Å². The molecule has 3 aliphatic rings. The van der Waals surface area contributed by atoms with Gasteiger partial charge in [0, 0.05) is 25.6 Å². The van der Waals surface area contributed by atoms with Crippen molar-refractivity contribution in [3.05, 3.63) is 0 Å². The van der Waals surface area contributed by atoms with E-state index in [-0.39, 0.29) is 17.9 Å². The van der Waals surface area contributed by atoms with Gasteiger partial charge in [-0.15, -0.1) is 0 Å². The van der Waals surface area contributed by atoms with Crippen molar-refractivity contribution in [2.24, 2.45) is 11.8 Å². The summed E-state index contributed by atoms with van der Waals surface area (Å²) in [5, 5.41) is 3.11. The Hall–Kier alpha value is -1.06. The highest BCUT2D eigenvalue weighted by Crippen LogP contribution is 2.33. The summed E-state index contributed by atoms with van der Waals surface area (Å²) in [7, 11) is 0. The number of amides is 2. The number of carbonyl (C=O) groups excluding carboxylic acids is 2. The van der Waals surface area contributed by atoms with E-state index in [0.29, 0.717) is 12.3 Å². The number of carbonyl (C=O) groups is 2. The fraction of sp³-hybridized carbons (Fsp3) is 0.900. The highest BCUT2D eigenvalue weighted by atomic mass is 16.2. The van der Waals surface area contributed by atoms with Gasteiger partial charge in [0.25, 0.3) is 0 Å². The zero-order chi connectivity index (χ0) is 16.8. The maximum atomic E-state index is 12.9. The van der Waals surface area contributed by atoms with Gasteiger partial charge < -0.3 is 10.2 Å². The number of hydrogen-bond donors (Lipinski definition) is 1. The molecule has 24 heavy (non-hydrogen) atoms. The van der Waals surface area contributed by atoms with Crippen LogP contribution in [0.1, 0.15) is 83.5 Å². The van der Waals surface area contributed by atoms with Crippen LogP contribution in [0.25, 0.3) is 0 Å². The summed E-state index contributed by atoms with van der Waals surface area (Å²) in [4.78, 5) is 27.6. The van der Waals surface area contributed by atoms with Crippen LogP contribution < -0.4 is 5.32 Å². The molecule has 136 valence electrons. The number of hydrogen-bond acceptors (Lipinski definition) is 2. The molecule has 2 amide bonds. The van der Waals surface area contributed by atoms with Crippen molar-refractivity contribution in [2.75, 3.05) is 13.1 Å². The average Bonchev–Trinajstić information content (AvgIpc) is 3.25. The van der Waals surface area contributed by atoms with Crippen molar-refractivity contribution in [1.29, 1.82) is 0 Å². The van der Waals surface area contributed by atoms with Crippen LogP contribution in [0.5, 0.6) is 0 Å². The van der Waals surface area contributed by atoms with Crippen LogP contribution in [0.3, 0.4) is 0 Å². The lowest BCUT2D eigenvalue weighted by Gasteiger charge is -2.33. The minimum Gasteiger partial charge on any atom is -0.356 e. The van der Waals surface area contributed by atoms with Gasteiger partial charge in [0.2, 0.25) is 11.8 Å². The van der Waals surface area contributed by atoms with Gasteiger partial charge in [0.05, 0.1) is 5.92 Å². The van der Waals surface area contributed by atoms with Crippen LogP contribution in [-0.4, -0.2) is 35.8 Å². The molecular formula is C20H34N2O2. The van der Waals surface area contributed by atoms with E-state index in [1.165, 1.54) is 32.1 Å². The second-order valence-electron chi connectivity index (χ2n) is 8.09. The third-order valence-electron chi connectivity index (χ3n) is 6.40. The third-order valence-corrected chi connectivity index (χ3v) is 6.40. The highest BCUT2D eigenvalue weighted by molar-refractivity contribution is 5.82. The van der Waals surface area contributed by atoms with Crippen molar-refractivity contribution in [2.45, 2.75) is 89.5 Å². The van der Waals surface area contributed by atoms with Gasteiger partial charge in [-0.25, -0.2) is 0 Å².